The molecule has 0 fully saturated rings. The third-order valence-corrected chi connectivity index (χ3v) is 11.6. The normalized spacial score (nSPS) is 11.2. The lowest BCUT2D eigenvalue weighted by molar-refractivity contribution is 0.766. The van der Waals surface area contributed by atoms with Gasteiger partial charge in [-0.05, 0) is 110 Å². The molecule has 0 aliphatic heterocycles. The molecule has 8 aromatic carbocycles. The maximum Gasteiger partial charge on any atom is 0.113 e. The van der Waals surface area contributed by atoms with E-state index in [0.29, 0.717) is 0 Å². The van der Waals surface area contributed by atoms with E-state index in [1.165, 1.54) is 0 Å². The molecule has 0 N–H and O–H groups in total. The molecular formula is C58H39N5. The Morgan fingerprint density at radius 2 is 0.587 bits per heavy atom. The van der Waals surface area contributed by atoms with Crippen molar-refractivity contribution >= 4 is 11.0 Å². The lowest BCUT2D eigenvalue weighted by Gasteiger charge is -2.18. The summed E-state index contributed by atoms with van der Waals surface area (Å²) in [7, 11) is 0. The summed E-state index contributed by atoms with van der Waals surface area (Å²) in [5.41, 5.74) is 20.0. The van der Waals surface area contributed by atoms with Gasteiger partial charge in [0.25, 0.3) is 0 Å². The lowest BCUT2D eigenvalue weighted by atomic mass is 9.86. The fraction of sp³-hybridized carbons (Fsp3) is 0. The number of rotatable bonds is 9. The molecule has 0 atom stereocenters. The van der Waals surface area contributed by atoms with E-state index >= 15 is 0 Å². The van der Waals surface area contributed by atoms with Gasteiger partial charge in [-0.3, -0.25) is 9.97 Å². The molecule has 0 unspecified atom stereocenters. The second-order valence-electron chi connectivity index (χ2n) is 15.6. The minimum atomic E-state index is 0.867. The second kappa shape index (κ2) is 16.5. The number of aromatic nitrogens is 5. The molecule has 0 bridgehead atoms. The first kappa shape index (κ1) is 37.5. The van der Waals surface area contributed by atoms with Crippen LogP contribution in [0.25, 0.3) is 106 Å². The van der Waals surface area contributed by atoms with Crippen molar-refractivity contribution < 1.29 is 0 Å². The van der Waals surface area contributed by atoms with E-state index in [2.05, 4.69) is 164 Å². The van der Waals surface area contributed by atoms with Crippen molar-refractivity contribution in [3.05, 3.63) is 237 Å². The third kappa shape index (κ3) is 7.49. The first-order valence-electron chi connectivity index (χ1n) is 21.1. The van der Waals surface area contributed by atoms with Gasteiger partial charge in [0.15, 0.2) is 0 Å². The molecule has 296 valence electrons. The van der Waals surface area contributed by atoms with Gasteiger partial charge >= 0.3 is 0 Å². The van der Waals surface area contributed by atoms with Crippen molar-refractivity contribution in [3.63, 3.8) is 0 Å². The number of hydrogen-bond donors (Lipinski definition) is 0. The Kier molecular flexibility index (Phi) is 9.80. The van der Waals surface area contributed by atoms with Crippen molar-refractivity contribution in [1.82, 2.24) is 25.0 Å². The zero-order valence-corrected chi connectivity index (χ0v) is 34.3. The summed E-state index contributed by atoms with van der Waals surface area (Å²) in [6, 6.07) is 78.6. The van der Waals surface area contributed by atoms with Crippen LogP contribution in [0.2, 0.25) is 0 Å². The van der Waals surface area contributed by atoms with E-state index in [9.17, 15) is 0 Å². The predicted molar refractivity (Wildman–Crippen MR) is 258 cm³/mol. The predicted octanol–water partition coefficient (Wildman–Crippen LogP) is 14.5. The van der Waals surface area contributed by atoms with Gasteiger partial charge in [0, 0.05) is 34.6 Å². The van der Waals surface area contributed by atoms with Crippen LogP contribution in [0.5, 0.6) is 0 Å². The van der Waals surface area contributed by atoms with Gasteiger partial charge in [-0.25, -0.2) is 0 Å². The van der Waals surface area contributed by atoms with Gasteiger partial charge < -0.3 is 0 Å². The van der Waals surface area contributed by atoms with Crippen molar-refractivity contribution in [2.75, 3.05) is 0 Å². The Bertz CT molecular complexity index is 3180. The van der Waals surface area contributed by atoms with E-state index in [0.717, 1.165) is 106 Å². The maximum absolute atomic E-state index is 4.93. The van der Waals surface area contributed by atoms with Gasteiger partial charge in [-0.15, -0.1) is 10.2 Å². The number of pyridine rings is 2. The molecule has 3 heterocycles. The molecule has 0 amide bonds. The van der Waals surface area contributed by atoms with Gasteiger partial charge in [0.1, 0.15) is 11.0 Å². The summed E-state index contributed by atoms with van der Waals surface area (Å²) in [5, 5.41) is 9.44. The van der Waals surface area contributed by atoms with E-state index in [-0.39, 0.29) is 0 Å². The zero-order chi connectivity index (χ0) is 42.0. The van der Waals surface area contributed by atoms with Gasteiger partial charge in [-0.1, -0.05) is 170 Å². The highest BCUT2D eigenvalue weighted by molar-refractivity contribution is 5.94. The van der Waals surface area contributed by atoms with E-state index in [1.54, 1.807) is 4.80 Å². The van der Waals surface area contributed by atoms with Gasteiger partial charge in [-0.2, -0.15) is 4.80 Å². The zero-order valence-electron chi connectivity index (χ0n) is 34.3. The smallest absolute Gasteiger partial charge is 0.113 e. The summed E-state index contributed by atoms with van der Waals surface area (Å²) >= 11 is 0. The molecule has 0 radical (unpaired) electrons. The minimum Gasteiger partial charge on any atom is -0.256 e. The first-order valence-corrected chi connectivity index (χ1v) is 21.1. The van der Waals surface area contributed by atoms with Crippen LogP contribution >= 0.6 is 0 Å². The number of benzene rings is 8. The molecule has 0 spiro atoms. The van der Waals surface area contributed by atoms with Crippen LogP contribution in [0.4, 0.5) is 0 Å². The average molecular weight is 806 g/mol. The van der Waals surface area contributed by atoms with Crippen molar-refractivity contribution in [1.29, 1.82) is 0 Å². The highest BCUT2D eigenvalue weighted by Crippen LogP contribution is 2.42. The molecule has 63 heavy (non-hydrogen) atoms. The number of fused-ring (bicyclic) bond motifs is 1. The SMILES string of the molecule is c1ccc(-c2ccc(-c3ccccc3-c3cc(-c4ccccc4-c4ccc(-n5nc6ccccc6n5)cc4)cc(-c4ccccc4-c4ccc(-c5ccccc5)nc4)c3)cn2)cc1. The number of hydrogen-bond acceptors (Lipinski definition) is 4. The second-order valence-corrected chi connectivity index (χ2v) is 15.6. The van der Waals surface area contributed by atoms with E-state index in [4.69, 9.17) is 20.2 Å². The summed E-state index contributed by atoms with van der Waals surface area (Å²) in [6.07, 6.45) is 3.99. The fourth-order valence-corrected chi connectivity index (χ4v) is 8.47. The van der Waals surface area contributed by atoms with Crippen molar-refractivity contribution in [2.45, 2.75) is 0 Å². The Hall–Kier alpha value is -8.54. The van der Waals surface area contributed by atoms with Gasteiger partial charge in [0.2, 0.25) is 0 Å². The minimum absolute atomic E-state index is 0.867. The van der Waals surface area contributed by atoms with Crippen LogP contribution < -0.4 is 0 Å². The largest absolute Gasteiger partial charge is 0.256 e. The van der Waals surface area contributed by atoms with Crippen LogP contribution in [-0.4, -0.2) is 25.0 Å². The fourth-order valence-electron chi connectivity index (χ4n) is 8.47. The van der Waals surface area contributed by atoms with E-state index < -0.39 is 0 Å². The first-order chi connectivity index (χ1) is 31.2. The molecule has 0 aliphatic carbocycles. The highest BCUT2D eigenvalue weighted by atomic mass is 15.5. The maximum atomic E-state index is 4.93. The average Bonchev–Trinajstić information content (AvgIpc) is 3.82. The van der Waals surface area contributed by atoms with Crippen LogP contribution in [-0.2, 0) is 0 Å². The molecule has 0 saturated heterocycles. The summed E-state index contributed by atoms with van der Waals surface area (Å²) in [5.74, 6) is 0. The van der Waals surface area contributed by atoms with Crippen molar-refractivity contribution in [2.24, 2.45) is 0 Å². The molecule has 3 aromatic heterocycles. The molecule has 5 heteroatoms. The van der Waals surface area contributed by atoms with E-state index in [1.807, 2.05) is 73.1 Å². The monoisotopic (exact) mass is 805 g/mol. The van der Waals surface area contributed by atoms with Crippen molar-refractivity contribution in [3.8, 4) is 95.0 Å². The molecular weight excluding hydrogens is 767 g/mol. The van der Waals surface area contributed by atoms with Crippen LogP contribution in [0.3, 0.4) is 0 Å². The van der Waals surface area contributed by atoms with Crippen LogP contribution in [0.1, 0.15) is 0 Å². The number of nitrogens with zero attached hydrogens (tertiary/aromatic N) is 5. The quantitative estimate of drug-likeness (QED) is 0.146. The summed E-state index contributed by atoms with van der Waals surface area (Å²) in [4.78, 5) is 11.6. The summed E-state index contributed by atoms with van der Waals surface area (Å²) in [6.45, 7) is 0. The summed E-state index contributed by atoms with van der Waals surface area (Å²) < 4.78 is 0. The third-order valence-electron chi connectivity index (χ3n) is 11.6. The molecule has 0 saturated carbocycles. The highest BCUT2D eigenvalue weighted by Gasteiger charge is 2.17. The topological polar surface area (TPSA) is 56.5 Å². The molecule has 11 aromatic rings. The molecule has 11 rings (SSSR count). The molecule has 5 nitrogen and oxygen atoms in total. The van der Waals surface area contributed by atoms with Crippen LogP contribution in [0.15, 0.2) is 237 Å². The molecule has 0 aliphatic rings. The lowest BCUT2D eigenvalue weighted by Crippen LogP contribution is -1.98. The Morgan fingerprint density at radius 1 is 0.254 bits per heavy atom. The standard InChI is InChI=1S/C58H39N5/c1-3-15-41(16-4-1)55-33-29-43(38-59-55)50-20-8-11-23-53(50)46-35-45(36-47(37-46)54-24-12-9-21-51(54)44-30-34-56(60-39-44)42-17-5-2-6-18-42)52-22-10-7-19-49(52)40-27-31-48(32-28-40)63-61-57-25-13-14-26-58(57)62-63/h1-39H. The Labute approximate surface area is 366 Å². The Balaban J connectivity index is 1.04. The van der Waals surface area contributed by atoms with Crippen LogP contribution in [0, 0.1) is 0 Å². The van der Waals surface area contributed by atoms with Gasteiger partial charge in [0.05, 0.1) is 17.1 Å². The Morgan fingerprint density at radius 3 is 0.968 bits per heavy atom.